The summed E-state index contributed by atoms with van der Waals surface area (Å²) in [4.78, 5) is 0. The number of hydrogen-bond donors (Lipinski definition) is 0. The van der Waals surface area contributed by atoms with E-state index in [1.54, 1.807) is 0 Å². The second-order valence-corrected chi connectivity index (χ2v) is 2.28. The molecule has 0 aromatic rings. The SMILES string of the molecule is CCC(CC)COC(F)F. The lowest BCUT2D eigenvalue weighted by molar-refractivity contribution is -0.138. The van der Waals surface area contributed by atoms with E-state index in [0.717, 1.165) is 12.8 Å². The second kappa shape index (κ2) is 5.59. The summed E-state index contributed by atoms with van der Waals surface area (Å²) in [5.41, 5.74) is 0. The highest BCUT2D eigenvalue weighted by atomic mass is 19.3. The quantitative estimate of drug-likeness (QED) is 0.588. The first kappa shape index (κ1) is 9.82. The summed E-state index contributed by atoms with van der Waals surface area (Å²) in [7, 11) is 0. The van der Waals surface area contributed by atoms with Crippen LogP contribution in [0.1, 0.15) is 26.7 Å². The van der Waals surface area contributed by atoms with Crippen LogP contribution in [0.15, 0.2) is 0 Å². The second-order valence-electron chi connectivity index (χ2n) is 2.28. The van der Waals surface area contributed by atoms with E-state index in [2.05, 4.69) is 4.74 Å². The van der Waals surface area contributed by atoms with Crippen molar-refractivity contribution in [3.05, 3.63) is 0 Å². The molecule has 0 aromatic heterocycles. The zero-order valence-electron chi connectivity index (χ0n) is 6.44. The van der Waals surface area contributed by atoms with Crippen molar-refractivity contribution in [1.82, 2.24) is 0 Å². The van der Waals surface area contributed by atoms with Crippen molar-refractivity contribution in [3.8, 4) is 0 Å². The Balaban J connectivity index is 3.26. The van der Waals surface area contributed by atoms with E-state index in [9.17, 15) is 8.78 Å². The molecule has 0 bridgehead atoms. The summed E-state index contributed by atoms with van der Waals surface area (Å²) in [5.74, 6) is 0.286. The lowest BCUT2D eigenvalue weighted by Crippen LogP contribution is -2.10. The largest absolute Gasteiger partial charge is 0.345 e. The number of hydrogen-bond acceptors (Lipinski definition) is 1. The zero-order valence-corrected chi connectivity index (χ0v) is 6.44. The Bertz CT molecular complexity index is 72.0. The molecule has 0 heterocycles. The summed E-state index contributed by atoms with van der Waals surface area (Å²) in [5, 5.41) is 0. The molecule has 0 aliphatic rings. The summed E-state index contributed by atoms with van der Waals surface area (Å²) in [6.07, 6.45) is 1.81. The fourth-order valence-corrected chi connectivity index (χ4v) is 0.733. The van der Waals surface area contributed by atoms with Crippen LogP contribution >= 0.6 is 0 Å². The van der Waals surface area contributed by atoms with Crippen molar-refractivity contribution < 1.29 is 13.5 Å². The zero-order chi connectivity index (χ0) is 7.98. The van der Waals surface area contributed by atoms with Gasteiger partial charge in [-0.15, -0.1) is 0 Å². The molecule has 0 aromatic carbocycles. The van der Waals surface area contributed by atoms with Gasteiger partial charge in [0.15, 0.2) is 0 Å². The van der Waals surface area contributed by atoms with Crippen molar-refractivity contribution in [2.45, 2.75) is 33.3 Å². The van der Waals surface area contributed by atoms with Gasteiger partial charge in [0.05, 0.1) is 6.61 Å². The Morgan fingerprint density at radius 3 is 2.00 bits per heavy atom. The fraction of sp³-hybridized carbons (Fsp3) is 1.00. The third kappa shape index (κ3) is 4.68. The molecule has 10 heavy (non-hydrogen) atoms. The van der Waals surface area contributed by atoms with E-state index in [1.807, 2.05) is 13.8 Å². The lowest BCUT2D eigenvalue weighted by atomic mass is 10.1. The molecule has 0 fully saturated rings. The molecule has 3 heteroatoms. The maximum Gasteiger partial charge on any atom is 0.345 e. The molecule has 62 valence electrons. The third-order valence-electron chi connectivity index (χ3n) is 1.61. The Labute approximate surface area is 60.4 Å². The first-order valence-electron chi connectivity index (χ1n) is 3.60. The minimum atomic E-state index is -2.61. The molecule has 1 nitrogen and oxygen atoms in total. The van der Waals surface area contributed by atoms with Gasteiger partial charge in [0.1, 0.15) is 0 Å². The van der Waals surface area contributed by atoms with Crippen molar-refractivity contribution in [2.75, 3.05) is 6.61 Å². The van der Waals surface area contributed by atoms with Crippen LogP contribution < -0.4 is 0 Å². The standard InChI is InChI=1S/C7H14F2O/c1-3-6(4-2)5-10-7(8)9/h6-7H,3-5H2,1-2H3. The predicted octanol–water partition coefficient (Wildman–Crippen LogP) is 2.66. The highest BCUT2D eigenvalue weighted by molar-refractivity contribution is 4.51. The van der Waals surface area contributed by atoms with E-state index in [-0.39, 0.29) is 12.5 Å². The number of alkyl halides is 2. The minimum absolute atomic E-state index is 0.185. The van der Waals surface area contributed by atoms with E-state index < -0.39 is 6.61 Å². The van der Waals surface area contributed by atoms with E-state index in [1.165, 1.54) is 0 Å². The molecular formula is C7H14F2O. The van der Waals surface area contributed by atoms with Gasteiger partial charge in [-0.2, -0.15) is 8.78 Å². The fourth-order valence-electron chi connectivity index (χ4n) is 0.733. The smallest absolute Gasteiger partial charge is 0.323 e. The Kier molecular flexibility index (Phi) is 5.49. The molecular weight excluding hydrogens is 138 g/mol. The highest BCUT2D eigenvalue weighted by Gasteiger charge is 2.07. The molecule has 0 atom stereocenters. The van der Waals surface area contributed by atoms with E-state index in [0.29, 0.717) is 0 Å². The highest BCUT2D eigenvalue weighted by Crippen LogP contribution is 2.09. The molecule has 0 aliphatic heterocycles. The number of halogens is 2. The molecule has 0 N–H and O–H groups in total. The monoisotopic (exact) mass is 152 g/mol. The van der Waals surface area contributed by atoms with Crippen LogP contribution in [0.3, 0.4) is 0 Å². The Morgan fingerprint density at radius 1 is 1.20 bits per heavy atom. The van der Waals surface area contributed by atoms with Crippen LogP contribution in [0.5, 0.6) is 0 Å². The molecule has 0 unspecified atom stereocenters. The molecule has 0 spiro atoms. The van der Waals surface area contributed by atoms with E-state index in [4.69, 9.17) is 0 Å². The molecule has 0 saturated carbocycles. The van der Waals surface area contributed by atoms with Crippen molar-refractivity contribution in [3.63, 3.8) is 0 Å². The van der Waals surface area contributed by atoms with Gasteiger partial charge in [-0.25, -0.2) is 0 Å². The van der Waals surface area contributed by atoms with Crippen LogP contribution in [-0.4, -0.2) is 13.2 Å². The van der Waals surface area contributed by atoms with Gasteiger partial charge in [0.25, 0.3) is 0 Å². The van der Waals surface area contributed by atoms with Gasteiger partial charge in [-0.05, 0) is 5.92 Å². The van der Waals surface area contributed by atoms with Gasteiger partial charge in [0.2, 0.25) is 0 Å². The van der Waals surface area contributed by atoms with E-state index >= 15 is 0 Å². The number of ether oxygens (including phenoxy) is 1. The molecule has 0 aliphatic carbocycles. The van der Waals surface area contributed by atoms with Crippen LogP contribution in [0.25, 0.3) is 0 Å². The maximum absolute atomic E-state index is 11.4. The van der Waals surface area contributed by atoms with Gasteiger partial charge in [-0.1, -0.05) is 26.7 Å². The summed E-state index contributed by atoms with van der Waals surface area (Å²) in [6.45, 7) is 1.53. The van der Waals surface area contributed by atoms with Gasteiger partial charge in [-0.3, -0.25) is 0 Å². The molecule has 0 rings (SSSR count). The third-order valence-corrected chi connectivity index (χ3v) is 1.61. The van der Waals surface area contributed by atoms with Gasteiger partial charge in [0, 0.05) is 0 Å². The number of rotatable bonds is 5. The molecule has 0 amide bonds. The predicted molar refractivity (Wildman–Crippen MR) is 36.0 cm³/mol. The van der Waals surface area contributed by atoms with Crippen molar-refractivity contribution in [2.24, 2.45) is 5.92 Å². The van der Waals surface area contributed by atoms with Crippen molar-refractivity contribution in [1.29, 1.82) is 0 Å². The molecule has 0 radical (unpaired) electrons. The van der Waals surface area contributed by atoms with Crippen LogP contribution in [-0.2, 0) is 4.74 Å². The maximum atomic E-state index is 11.4. The van der Waals surface area contributed by atoms with Crippen LogP contribution in [0.2, 0.25) is 0 Å². The van der Waals surface area contributed by atoms with Crippen LogP contribution in [0, 0.1) is 5.92 Å². The Hall–Kier alpha value is -0.180. The van der Waals surface area contributed by atoms with Crippen molar-refractivity contribution >= 4 is 0 Å². The normalized spacial score (nSPS) is 11.4. The van der Waals surface area contributed by atoms with Gasteiger partial charge >= 0.3 is 6.61 Å². The first-order valence-corrected chi connectivity index (χ1v) is 3.60. The average molecular weight is 152 g/mol. The summed E-state index contributed by atoms with van der Waals surface area (Å²) < 4.78 is 27.0. The summed E-state index contributed by atoms with van der Waals surface area (Å²) in [6, 6.07) is 0. The molecule has 0 saturated heterocycles. The minimum Gasteiger partial charge on any atom is -0.323 e. The lowest BCUT2D eigenvalue weighted by Gasteiger charge is -2.11. The first-order chi connectivity index (χ1) is 4.70. The Morgan fingerprint density at radius 2 is 1.70 bits per heavy atom. The van der Waals surface area contributed by atoms with Crippen LogP contribution in [0.4, 0.5) is 8.78 Å². The average Bonchev–Trinajstić information content (AvgIpc) is 1.90. The summed E-state index contributed by atoms with van der Waals surface area (Å²) >= 11 is 0. The topological polar surface area (TPSA) is 9.23 Å². The van der Waals surface area contributed by atoms with Gasteiger partial charge < -0.3 is 4.74 Å².